The van der Waals surface area contributed by atoms with E-state index >= 15 is 0 Å². The van der Waals surface area contributed by atoms with Gasteiger partial charge in [-0.15, -0.1) is 0 Å². The first-order valence-corrected chi connectivity index (χ1v) is 8.11. The van der Waals surface area contributed by atoms with Crippen molar-refractivity contribution in [3.63, 3.8) is 0 Å². The highest BCUT2D eigenvalue weighted by atomic mass is 35.5. The van der Waals surface area contributed by atoms with Crippen LogP contribution in [-0.4, -0.2) is 34.0 Å². The van der Waals surface area contributed by atoms with E-state index in [1.54, 1.807) is 0 Å². The number of likely N-dealkylation sites (tertiary alicyclic amines) is 1. The minimum absolute atomic E-state index is 0.319. The second kappa shape index (κ2) is 5.52. The minimum atomic E-state index is 0.319. The molecule has 2 fully saturated rings. The van der Waals surface area contributed by atoms with E-state index in [9.17, 15) is 0 Å². The van der Waals surface area contributed by atoms with Crippen molar-refractivity contribution in [1.29, 1.82) is 0 Å². The van der Waals surface area contributed by atoms with Crippen molar-refractivity contribution in [3.8, 4) is 0 Å². The molecule has 1 aliphatic carbocycles. The summed E-state index contributed by atoms with van der Waals surface area (Å²) in [6.07, 6.45) is 0. The molecule has 114 valence electrons. The molecule has 0 bridgehead atoms. The lowest BCUT2D eigenvalue weighted by molar-refractivity contribution is 0.292. The summed E-state index contributed by atoms with van der Waals surface area (Å²) in [5, 5.41) is 3.84. The molecular weight excluding hydrogens is 296 g/mol. The van der Waals surface area contributed by atoms with Crippen LogP contribution in [-0.2, 0) is 6.54 Å². The van der Waals surface area contributed by atoms with E-state index in [1.807, 2.05) is 13.0 Å². The molecular formula is C17H19ClN4. The Hall–Kier alpha value is -1.65. The van der Waals surface area contributed by atoms with E-state index in [2.05, 4.69) is 50.5 Å². The van der Waals surface area contributed by atoms with Crippen molar-refractivity contribution in [2.45, 2.75) is 19.5 Å². The average molecular weight is 315 g/mol. The first-order chi connectivity index (χ1) is 10.7. The standard InChI is InChI=1S/C17H19ClN4/c1-11-7-15(21-17(18)19-11)20-16-13-9-22(10-14(13)16)8-12-5-3-2-4-6-12/h2-7,13-14,16H,8-10H2,1H3,(H,19,20,21). The van der Waals surface area contributed by atoms with Gasteiger partial charge in [0.05, 0.1) is 0 Å². The molecule has 2 heterocycles. The van der Waals surface area contributed by atoms with Crippen LogP contribution in [0.15, 0.2) is 36.4 Å². The molecule has 0 spiro atoms. The molecule has 0 amide bonds. The van der Waals surface area contributed by atoms with Crippen LogP contribution in [0.4, 0.5) is 5.82 Å². The van der Waals surface area contributed by atoms with Gasteiger partial charge in [-0.2, -0.15) is 0 Å². The summed E-state index contributed by atoms with van der Waals surface area (Å²) < 4.78 is 0. The van der Waals surface area contributed by atoms with Crippen LogP contribution in [0, 0.1) is 18.8 Å². The zero-order valence-corrected chi connectivity index (χ0v) is 13.3. The van der Waals surface area contributed by atoms with Crippen LogP contribution in [0.3, 0.4) is 0 Å². The molecule has 2 aromatic rings. The Morgan fingerprint density at radius 3 is 2.59 bits per heavy atom. The maximum atomic E-state index is 5.92. The van der Waals surface area contributed by atoms with Crippen LogP contribution < -0.4 is 5.32 Å². The van der Waals surface area contributed by atoms with Gasteiger partial charge >= 0.3 is 0 Å². The molecule has 2 unspecified atom stereocenters. The Balaban J connectivity index is 1.33. The zero-order chi connectivity index (χ0) is 15.1. The summed E-state index contributed by atoms with van der Waals surface area (Å²) in [4.78, 5) is 10.9. The van der Waals surface area contributed by atoms with Gasteiger partial charge in [0.1, 0.15) is 5.82 Å². The summed E-state index contributed by atoms with van der Waals surface area (Å²) >= 11 is 5.92. The molecule has 2 aliphatic rings. The number of halogens is 1. The van der Waals surface area contributed by atoms with Gasteiger partial charge in [-0.05, 0) is 35.9 Å². The molecule has 5 heteroatoms. The van der Waals surface area contributed by atoms with Crippen LogP contribution in [0.1, 0.15) is 11.3 Å². The molecule has 1 aromatic heterocycles. The topological polar surface area (TPSA) is 41.0 Å². The number of piperidine rings is 1. The van der Waals surface area contributed by atoms with Crippen LogP contribution >= 0.6 is 11.6 Å². The predicted molar refractivity (Wildman–Crippen MR) is 87.9 cm³/mol. The Bertz CT molecular complexity index is 643. The van der Waals surface area contributed by atoms with Crippen molar-refractivity contribution in [1.82, 2.24) is 14.9 Å². The number of aryl methyl sites for hydroxylation is 1. The van der Waals surface area contributed by atoms with Gasteiger partial charge in [-0.3, -0.25) is 4.90 Å². The molecule has 1 N–H and O–H groups in total. The van der Waals surface area contributed by atoms with Gasteiger partial charge in [-0.25, -0.2) is 9.97 Å². The predicted octanol–water partition coefficient (Wildman–Crippen LogP) is 2.98. The lowest BCUT2D eigenvalue weighted by Gasteiger charge is -2.20. The first kappa shape index (κ1) is 14.0. The maximum absolute atomic E-state index is 5.92. The second-order valence-corrected chi connectivity index (χ2v) is 6.68. The van der Waals surface area contributed by atoms with Crippen LogP contribution in [0.2, 0.25) is 5.28 Å². The number of nitrogens with one attached hydrogen (secondary N) is 1. The zero-order valence-electron chi connectivity index (χ0n) is 12.5. The van der Waals surface area contributed by atoms with Crippen LogP contribution in [0.5, 0.6) is 0 Å². The van der Waals surface area contributed by atoms with E-state index in [0.29, 0.717) is 11.3 Å². The third kappa shape index (κ3) is 2.81. The van der Waals surface area contributed by atoms with Crippen molar-refractivity contribution < 1.29 is 0 Å². The third-order valence-electron chi connectivity index (χ3n) is 4.66. The van der Waals surface area contributed by atoms with Crippen molar-refractivity contribution in [2.24, 2.45) is 11.8 Å². The lowest BCUT2D eigenvalue weighted by Crippen LogP contribution is -2.27. The second-order valence-electron chi connectivity index (χ2n) is 6.34. The lowest BCUT2D eigenvalue weighted by atomic mass is 10.2. The van der Waals surface area contributed by atoms with E-state index in [0.717, 1.165) is 43.0 Å². The highest BCUT2D eigenvalue weighted by Crippen LogP contribution is 2.47. The molecule has 22 heavy (non-hydrogen) atoms. The highest BCUT2D eigenvalue weighted by molar-refractivity contribution is 6.28. The fraction of sp³-hybridized carbons (Fsp3) is 0.412. The summed E-state index contributed by atoms with van der Waals surface area (Å²) in [7, 11) is 0. The van der Waals surface area contributed by atoms with Gasteiger partial charge in [0.2, 0.25) is 5.28 Å². The van der Waals surface area contributed by atoms with E-state index < -0.39 is 0 Å². The summed E-state index contributed by atoms with van der Waals surface area (Å²) in [5.74, 6) is 2.32. The molecule has 4 rings (SSSR count). The van der Waals surface area contributed by atoms with E-state index in [4.69, 9.17) is 11.6 Å². The fourth-order valence-corrected chi connectivity index (χ4v) is 3.80. The van der Waals surface area contributed by atoms with Gasteiger partial charge < -0.3 is 5.32 Å². The van der Waals surface area contributed by atoms with Crippen molar-refractivity contribution in [2.75, 3.05) is 18.4 Å². The van der Waals surface area contributed by atoms with Crippen molar-refractivity contribution in [3.05, 3.63) is 52.9 Å². The smallest absolute Gasteiger partial charge is 0.224 e. The fourth-order valence-electron chi connectivity index (χ4n) is 3.58. The maximum Gasteiger partial charge on any atom is 0.224 e. The Morgan fingerprint density at radius 2 is 1.91 bits per heavy atom. The first-order valence-electron chi connectivity index (χ1n) is 7.73. The SMILES string of the molecule is Cc1cc(NC2C3CN(Cc4ccccc4)CC32)nc(Cl)n1. The minimum Gasteiger partial charge on any atom is -0.367 e. The third-order valence-corrected chi connectivity index (χ3v) is 4.83. The number of hydrogen-bond acceptors (Lipinski definition) is 4. The van der Waals surface area contributed by atoms with Crippen LogP contribution in [0.25, 0.3) is 0 Å². The van der Waals surface area contributed by atoms with Gasteiger partial charge in [0, 0.05) is 37.4 Å². The number of aromatic nitrogens is 2. The summed E-state index contributed by atoms with van der Waals surface area (Å²) in [5.41, 5.74) is 2.30. The molecule has 0 radical (unpaired) electrons. The van der Waals surface area contributed by atoms with Gasteiger partial charge in [-0.1, -0.05) is 30.3 Å². The number of benzene rings is 1. The monoisotopic (exact) mass is 314 g/mol. The Morgan fingerprint density at radius 1 is 1.18 bits per heavy atom. The van der Waals surface area contributed by atoms with E-state index in [-0.39, 0.29) is 0 Å². The molecule has 1 aliphatic heterocycles. The average Bonchev–Trinajstić information content (AvgIpc) is 2.93. The number of rotatable bonds is 4. The largest absolute Gasteiger partial charge is 0.367 e. The van der Waals surface area contributed by atoms with E-state index in [1.165, 1.54) is 5.56 Å². The molecule has 4 nitrogen and oxygen atoms in total. The summed E-state index contributed by atoms with van der Waals surface area (Å²) in [6.45, 7) is 5.32. The molecule has 1 saturated heterocycles. The molecule has 1 aromatic carbocycles. The van der Waals surface area contributed by atoms with Crippen molar-refractivity contribution >= 4 is 17.4 Å². The molecule has 1 saturated carbocycles. The Kier molecular flexibility index (Phi) is 3.51. The Labute approximate surface area is 135 Å². The number of nitrogens with zero attached hydrogens (tertiary/aromatic N) is 3. The summed E-state index contributed by atoms with van der Waals surface area (Å²) in [6, 6.07) is 13.2. The normalized spacial score (nSPS) is 26.7. The number of fused-ring (bicyclic) bond motifs is 1. The molecule has 2 atom stereocenters. The number of anilines is 1. The quantitative estimate of drug-likeness (QED) is 0.881. The van der Waals surface area contributed by atoms with Gasteiger partial charge in [0.15, 0.2) is 0 Å². The highest BCUT2D eigenvalue weighted by Gasteiger charge is 2.55. The van der Waals surface area contributed by atoms with Gasteiger partial charge in [0.25, 0.3) is 0 Å². The number of hydrogen-bond donors (Lipinski definition) is 1.